The summed E-state index contributed by atoms with van der Waals surface area (Å²) in [7, 11) is 0. The molecule has 1 atom stereocenters. The van der Waals surface area contributed by atoms with E-state index in [2.05, 4.69) is 6.08 Å². The van der Waals surface area contributed by atoms with Gasteiger partial charge in [-0.3, -0.25) is 4.79 Å². The molecule has 1 rings (SSSR count). The maximum Gasteiger partial charge on any atom is 0.312 e. The smallest absolute Gasteiger partial charge is 0.312 e. The van der Waals surface area contributed by atoms with Crippen molar-refractivity contribution in [2.75, 3.05) is 6.61 Å². The molecule has 80 valence electrons. The van der Waals surface area contributed by atoms with Crippen LogP contribution in [-0.4, -0.2) is 12.6 Å². The van der Waals surface area contributed by atoms with Gasteiger partial charge >= 0.3 is 5.97 Å². The molecule has 0 spiro atoms. The maximum absolute atomic E-state index is 11.3. The highest BCUT2D eigenvalue weighted by molar-refractivity contribution is 5.74. The Morgan fingerprint density at radius 2 is 2.07 bits per heavy atom. The van der Waals surface area contributed by atoms with Gasteiger partial charge in [0.25, 0.3) is 0 Å². The van der Waals surface area contributed by atoms with Crippen molar-refractivity contribution in [1.29, 1.82) is 0 Å². The number of carbonyl (C=O) groups excluding carboxylic acids is 1. The van der Waals surface area contributed by atoms with Gasteiger partial charge in [0.15, 0.2) is 0 Å². The van der Waals surface area contributed by atoms with E-state index in [4.69, 9.17) is 4.74 Å². The summed E-state index contributed by atoms with van der Waals surface area (Å²) >= 11 is 0. The number of allylic oxidation sites excluding steroid dienone is 1. The van der Waals surface area contributed by atoms with Crippen LogP contribution >= 0.6 is 0 Å². The van der Waals surface area contributed by atoms with Gasteiger partial charge in [-0.05, 0) is 39.5 Å². The van der Waals surface area contributed by atoms with E-state index in [1.807, 2.05) is 13.8 Å². The summed E-state index contributed by atoms with van der Waals surface area (Å²) < 4.78 is 4.96. The average Bonchev–Trinajstić information content (AvgIpc) is 2.19. The van der Waals surface area contributed by atoms with Crippen molar-refractivity contribution >= 4 is 5.97 Å². The lowest BCUT2D eigenvalue weighted by Gasteiger charge is -2.15. The number of carbonyl (C=O) groups is 1. The molecule has 0 amide bonds. The van der Waals surface area contributed by atoms with Crippen molar-refractivity contribution in [2.24, 2.45) is 5.92 Å². The van der Waals surface area contributed by atoms with Crippen LogP contribution < -0.4 is 0 Å². The summed E-state index contributed by atoms with van der Waals surface area (Å²) in [6, 6.07) is 0. The van der Waals surface area contributed by atoms with Gasteiger partial charge < -0.3 is 4.74 Å². The van der Waals surface area contributed by atoms with E-state index in [1.54, 1.807) is 0 Å². The highest BCUT2D eigenvalue weighted by Crippen LogP contribution is 2.24. The Morgan fingerprint density at radius 3 is 2.64 bits per heavy atom. The number of hydrogen-bond donors (Lipinski definition) is 0. The summed E-state index contributed by atoms with van der Waals surface area (Å²) in [5.41, 5.74) is 1.44. The molecule has 0 aromatic carbocycles. The molecule has 1 aliphatic carbocycles. The Hall–Kier alpha value is -0.790. The van der Waals surface area contributed by atoms with E-state index in [-0.39, 0.29) is 11.9 Å². The highest BCUT2D eigenvalue weighted by atomic mass is 16.5. The van der Waals surface area contributed by atoms with Crippen LogP contribution in [-0.2, 0) is 9.53 Å². The summed E-state index contributed by atoms with van der Waals surface area (Å²) in [6.07, 6.45) is 8.33. The average molecular weight is 196 g/mol. The second-order valence-electron chi connectivity index (χ2n) is 3.93. The van der Waals surface area contributed by atoms with Gasteiger partial charge in [-0.1, -0.05) is 18.1 Å². The molecule has 2 heteroatoms. The highest BCUT2D eigenvalue weighted by Gasteiger charge is 2.13. The Bertz CT molecular complexity index is 210. The van der Waals surface area contributed by atoms with E-state index in [9.17, 15) is 4.79 Å². The predicted octanol–water partition coefficient (Wildman–Crippen LogP) is 3.08. The Kier molecular flexibility index (Phi) is 4.71. The molecular weight excluding hydrogens is 176 g/mol. The molecule has 0 radical (unpaired) electrons. The largest absolute Gasteiger partial charge is 0.466 e. The van der Waals surface area contributed by atoms with Gasteiger partial charge in [0, 0.05) is 0 Å². The van der Waals surface area contributed by atoms with Crippen LogP contribution in [0.4, 0.5) is 0 Å². The molecule has 0 bridgehead atoms. The monoisotopic (exact) mass is 196 g/mol. The molecule has 2 nitrogen and oxygen atoms in total. The van der Waals surface area contributed by atoms with Crippen LogP contribution in [0.2, 0.25) is 0 Å². The third-order valence-electron chi connectivity index (χ3n) is 2.64. The second-order valence-corrected chi connectivity index (χ2v) is 3.93. The Morgan fingerprint density at radius 1 is 1.43 bits per heavy atom. The van der Waals surface area contributed by atoms with Crippen LogP contribution in [0.15, 0.2) is 11.6 Å². The second kappa shape index (κ2) is 5.84. The lowest BCUT2D eigenvalue weighted by Crippen LogP contribution is -2.13. The molecule has 0 saturated heterocycles. The minimum atomic E-state index is -0.0921. The van der Waals surface area contributed by atoms with Crippen molar-refractivity contribution < 1.29 is 9.53 Å². The molecular formula is C12H20O2. The van der Waals surface area contributed by atoms with Crippen molar-refractivity contribution in [2.45, 2.75) is 46.0 Å². The van der Waals surface area contributed by atoms with Gasteiger partial charge in [0.1, 0.15) is 0 Å². The van der Waals surface area contributed by atoms with Crippen molar-refractivity contribution in [3.8, 4) is 0 Å². The lowest BCUT2D eigenvalue weighted by atomic mass is 9.92. The fourth-order valence-corrected chi connectivity index (χ4v) is 1.87. The zero-order valence-corrected chi connectivity index (χ0v) is 9.21. The van der Waals surface area contributed by atoms with E-state index in [0.717, 1.165) is 0 Å². The van der Waals surface area contributed by atoms with E-state index < -0.39 is 0 Å². The SMILES string of the molecule is CCOC(=O)C(C)C=C1CCCCC1. The third-order valence-corrected chi connectivity index (χ3v) is 2.64. The van der Waals surface area contributed by atoms with Crippen LogP contribution in [0.25, 0.3) is 0 Å². The fraction of sp³-hybridized carbons (Fsp3) is 0.750. The quantitative estimate of drug-likeness (QED) is 0.512. The number of ether oxygens (including phenoxy) is 1. The molecule has 0 heterocycles. The van der Waals surface area contributed by atoms with Crippen LogP contribution in [0, 0.1) is 5.92 Å². The first-order valence-electron chi connectivity index (χ1n) is 5.60. The molecule has 0 aromatic rings. The first kappa shape index (κ1) is 11.3. The standard InChI is InChI=1S/C12H20O2/c1-3-14-12(13)10(2)9-11-7-5-4-6-8-11/h9-10H,3-8H2,1-2H3. The van der Waals surface area contributed by atoms with E-state index >= 15 is 0 Å². The molecule has 14 heavy (non-hydrogen) atoms. The minimum Gasteiger partial charge on any atom is -0.466 e. The number of esters is 1. The molecule has 0 aliphatic heterocycles. The van der Waals surface area contributed by atoms with E-state index in [1.165, 1.54) is 37.7 Å². The topological polar surface area (TPSA) is 26.3 Å². The fourth-order valence-electron chi connectivity index (χ4n) is 1.87. The Labute approximate surface area is 86.3 Å². The molecule has 1 saturated carbocycles. The normalized spacial score (nSPS) is 18.9. The van der Waals surface area contributed by atoms with Gasteiger partial charge in [-0.2, -0.15) is 0 Å². The summed E-state index contributed by atoms with van der Waals surface area (Å²) in [5, 5.41) is 0. The predicted molar refractivity (Wildman–Crippen MR) is 57.0 cm³/mol. The lowest BCUT2D eigenvalue weighted by molar-refractivity contribution is -0.145. The first-order valence-corrected chi connectivity index (χ1v) is 5.60. The summed E-state index contributed by atoms with van der Waals surface area (Å²) in [6.45, 7) is 4.24. The summed E-state index contributed by atoms with van der Waals surface area (Å²) in [5.74, 6) is -0.159. The maximum atomic E-state index is 11.3. The van der Waals surface area contributed by atoms with Crippen molar-refractivity contribution in [1.82, 2.24) is 0 Å². The van der Waals surface area contributed by atoms with Gasteiger partial charge in [-0.25, -0.2) is 0 Å². The molecule has 1 aliphatic rings. The van der Waals surface area contributed by atoms with Crippen LogP contribution in [0.5, 0.6) is 0 Å². The van der Waals surface area contributed by atoms with Gasteiger partial charge in [0.05, 0.1) is 12.5 Å². The van der Waals surface area contributed by atoms with E-state index in [0.29, 0.717) is 6.61 Å². The minimum absolute atomic E-state index is 0.0666. The van der Waals surface area contributed by atoms with Gasteiger partial charge in [0.2, 0.25) is 0 Å². The molecule has 0 aromatic heterocycles. The first-order chi connectivity index (χ1) is 6.74. The van der Waals surface area contributed by atoms with Crippen LogP contribution in [0.3, 0.4) is 0 Å². The number of rotatable bonds is 3. The molecule has 1 unspecified atom stereocenters. The Balaban J connectivity index is 2.43. The summed E-state index contributed by atoms with van der Waals surface area (Å²) in [4.78, 5) is 11.3. The third kappa shape index (κ3) is 3.52. The van der Waals surface area contributed by atoms with Crippen molar-refractivity contribution in [3.05, 3.63) is 11.6 Å². The molecule has 0 N–H and O–H groups in total. The number of hydrogen-bond acceptors (Lipinski definition) is 2. The zero-order valence-electron chi connectivity index (χ0n) is 9.21. The van der Waals surface area contributed by atoms with Crippen LogP contribution in [0.1, 0.15) is 46.0 Å². The van der Waals surface area contributed by atoms with Crippen molar-refractivity contribution in [3.63, 3.8) is 0 Å². The van der Waals surface area contributed by atoms with Gasteiger partial charge in [-0.15, -0.1) is 0 Å². The zero-order chi connectivity index (χ0) is 10.4. The molecule has 1 fully saturated rings.